The first-order chi connectivity index (χ1) is 18.6. The molecule has 2 aliphatic rings. The van der Waals surface area contributed by atoms with Crippen molar-refractivity contribution >= 4 is 17.2 Å². The zero-order valence-corrected chi connectivity index (χ0v) is 23.5. The van der Waals surface area contributed by atoms with E-state index in [2.05, 4.69) is 65.2 Å². The number of carbonyl (C=O) groups excluding carboxylic acids is 1. The number of rotatable bonds is 9. The Kier molecular flexibility index (Phi) is 9.10. The Morgan fingerprint density at radius 1 is 1.05 bits per heavy atom. The van der Waals surface area contributed by atoms with Crippen molar-refractivity contribution in [3.05, 3.63) is 70.7 Å². The molecule has 2 fully saturated rings. The topological polar surface area (TPSA) is 48.9 Å². The molecule has 1 saturated heterocycles. The monoisotopic (exact) mass is 532 g/mol. The number of aromatic nitrogens is 1. The molecular weight excluding hydrogens is 492 g/mol. The summed E-state index contributed by atoms with van der Waals surface area (Å²) in [5.74, 6) is 0.855. The summed E-state index contributed by atoms with van der Waals surface area (Å²) >= 11 is 1.68. The molecule has 2 aromatic carbocycles. The lowest BCUT2D eigenvalue weighted by Crippen LogP contribution is -2.53. The van der Waals surface area contributed by atoms with Gasteiger partial charge in [0.2, 0.25) is 0 Å². The van der Waals surface area contributed by atoms with Crippen LogP contribution in [0.5, 0.6) is 5.75 Å². The third-order valence-corrected chi connectivity index (χ3v) is 9.11. The number of piperazine rings is 1. The van der Waals surface area contributed by atoms with E-state index in [1.807, 2.05) is 28.6 Å². The molecule has 7 heteroatoms. The van der Waals surface area contributed by atoms with E-state index >= 15 is 0 Å². The number of hydrogen-bond donors (Lipinski definition) is 0. The number of benzene rings is 2. The molecular formula is C31H40N4O2S. The van der Waals surface area contributed by atoms with E-state index in [0.717, 1.165) is 48.1 Å². The van der Waals surface area contributed by atoms with Crippen LogP contribution in [0.15, 0.2) is 60.1 Å². The molecule has 5 rings (SSSR count). The molecule has 1 aromatic heterocycles. The van der Waals surface area contributed by atoms with E-state index in [1.165, 1.54) is 37.7 Å². The molecule has 0 bridgehead atoms. The second-order valence-electron chi connectivity index (χ2n) is 10.6. The van der Waals surface area contributed by atoms with E-state index in [1.54, 1.807) is 11.3 Å². The van der Waals surface area contributed by atoms with Crippen LogP contribution in [0.25, 0.3) is 11.1 Å². The van der Waals surface area contributed by atoms with Gasteiger partial charge in [-0.15, -0.1) is 11.3 Å². The number of hydrogen-bond acceptors (Lipinski definition) is 6. The lowest BCUT2D eigenvalue weighted by molar-refractivity contribution is -0.135. The summed E-state index contributed by atoms with van der Waals surface area (Å²) in [5, 5.41) is 3.11. The minimum Gasteiger partial charge on any atom is -0.483 e. The largest absolute Gasteiger partial charge is 0.483 e. The highest BCUT2D eigenvalue weighted by atomic mass is 32.1. The van der Waals surface area contributed by atoms with Gasteiger partial charge < -0.3 is 9.64 Å². The fourth-order valence-electron chi connectivity index (χ4n) is 5.70. The number of nitrogens with zero attached hydrogens (tertiary/aromatic N) is 4. The molecule has 6 nitrogen and oxygen atoms in total. The Balaban J connectivity index is 1.24. The Hall–Kier alpha value is -2.74. The Morgan fingerprint density at radius 3 is 2.53 bits per heavy atom. The summed E-state index contributed by atoms with van der Waals surface area (Å²) in [6, 6.07) is 17.6. The Labute approximate surface area is 231 Å². The molecule has 1 aliphatic heterocycles. The molecule has 0 spiro atoms. The van der Waals surface area contributed by atoms with Gasteiger partial charge in [0.15, 0.2) is 6.61 Å². The number of amides is 1. The average molecular weight is 533 g/mol. The normalized spacial score (nSPS) is 18.0. The van der Waals surface area contributed by atoms with E-state index in [4.69, 9.17) is 4.74 Å². The first-order valence-electron chi connectivity index (χ1n) is 14.0. The van der Waals surface area contributed by atoms with E-state index in [-0.39, 0.29) is 18.6 Å². The van der Waals surface area contributed by atoms with Crippen LogP contribution in [0.4, 0.5) is 0 Å². The minimum absolute atomic E-state index is 0.0763. The second kappa shape index (κ2) is 12.9. The molecule has 0 radical (unpaired) electrons. The Bertz CT molecular complexity index is 1160. The Morgan fingerprint density at radius 2 is 1.82 bits per heavy atom. The summed E-state index contributed by atoms with van der Waals surface area (Å²) in [6.45, 7) is 6.51. The summed E-state index contributed by atoms with van der Waals surface area (Å²) in [6.07, 6.45) is 8.56. The van der Waals surface area contributed by atoms with Crippen molar-refractivity contribution in [2.45, 2.75) is 57.7 Å². The second-order valence-corrected chi connectivity index (χ2v) is 11.6. The quantitative estimate of drug-likeness (QED) is 0.346. The third-order valence-electron chi connectivity index (χ3n) is 8.17. The fraction of sp³-hybridized carbons (Fsp3) is 0.484. The highest BCUT2D eigenvalue weighted by Gasteiger charge is 2.27. The highest BCUT2D eigenvalue weighted by Crippen LogP contribution is 2.30. The van der Waals surface area contributed by atoms with Gasteiger partial charge in [0.25, 0.3) is 5.91 Å². The standard InChI is InChI=1S/C31H40N4O2S/c1-24(31-32-15-20-38-31)33(2)22-27-21-26(25-9-5-3-6-10-25)13-14-29(27)37-23-30(36)35-18-16-34(17-19-35)28-11-7-4-8-12-28/h3,5-6,9-10,13-15,20-21,24,28H,4,7-8,11-12,16-19,22-23H2,1-2H3. The fourth-order valence-corrected chi connectivity index (χ4v) is 6.46. The predicted octanol–water partition coefficient (Wildman–Crippen LogP) is 5.86. The summed E-state index contributed by atoms with van der Waals surface area (Å²) in [5.41, 5.74) is 3.39. The summed E-state index contributed by atoms with van der Waals surface area (Å²) in [4.78, 5) is 24.5. The first-order valence-corrected chi connectivity index (χ1v) is 14.9. The molecule has 1 atom stereocenters. The smallest absolute Gasteiger partial charge is 0.260 e. The lowest BCUT2D eigenvalue weighted by atomic mass is 9.94. The number of ether oxygens (including phenoxy) is 1. The molecule has 0 N–H and O–H groups in total. The van der Waals surface area contributed by atoms with Gasteiger partial charge in [0, 0.05) is 55.9 Å². The average Bonchev–Trinajstić information content (AvgIpc) is 3.52. The van der Waals surface area contributed by atoms with Crippen LogP contribution in [-0.2, 0) is 11.3 Å². The van der Waals surface area contributed by atoms with Crippen LogP contribution in [0.3, 0.4) is 0 Å². The van der Waals surface area contributed by atoms with E-state index in [0.29, 0.717) is 12.6 Å². The van der Waals surface area contributed by atoms with Gasteiger partial charge in [-0.25, -0.2) is 4.98 Å². The zero-order valence-electron chi connectivity index (χ0n) is 22.7. The van der Waals surface area contributed by atoms with Gasteiger partial charge in [-0.1, -0.05) is 55.7 Å². The van der Waals surface area contributed by atoms with E-state index in [9.17, 15) is 4.79 Å². The molecule has 3 aromatic rings. The van der Waals surface area contributed by atoms with Gasteiger partial charge in [0.05, 0.1) is 6.04 Å². The predicted molar refractivity (Wildman–Crippen MR) is 154 cm³/mol. The van der Waals surface area contributed by atoms with Crippen LogP contribution in [0.2, 0.25) is 0 Å². The maximum atomic E-state index is 13.1. The molecule has 1 amide bonds. The molecule has 2 heterocycles. The van der Waals surface area contributed by atoms with Crippen molar-refractivity contribution in [3.63, 3.8) is 0 Å². The van der Waals surface area contributed by atoms with Crippen molar-refractivity contribution in [2.24, 2.45) is 0 Å². The SMILES string of the molecule is CC(c1nccs1)N(C)Cc1cc(-c2ccccc2)ccc1OCC(=O)N1CCN(C2CCCCC2)CC1. The highest BCUT2D eigenvalue weighted by molar-refractivity contribution is 7.09. The molecule has 1 saturated carbocycles. The third kappa shape index (κ3) is 6.63. The number of carbonyl (C=O) groups is 1. The lowest BCUT2D eigenvalue weighted by Gasteiger charge is -2.40. The maximum absolute atomic E-state index is 13.1. The molecule has 38 heavy (non-hydrogen) atoms. The van der Waals surface area contributed by atoms with Crippen LogP contribution in [0.1, 0.15) is 55.6 Å². The molecule has 1 unspecified atom stereocenters. The van der Waals surface area contributed by atoms with Gasteiger partial charge in [-0.05, 0) is 50.1 Å². The first kappa shape index (κ1) is 26.9. The van der Waals surface area contributed by atoms with Crippen LogP contribution < -0.4 is 4.74 Å². The summed E-state index contributed by atoms with van der Waals surface area (Å²) in [7, 11) is 2.11. The van der Waals surface area contributed by atoms with Crippen molar-refractivity contribution in [3.8, 4) is 16.9 Å². The van der Waals surface area contributed by atoms with Gasteiger partial charge in [-0.2, -0.15) is 0 Å². The maximum Gasteiger partial charge on any atom is 0.260 e. The summed E-state index contributed by atoms with van der Waals surface area (Å²) < 4.78 is 6.21. The van der Waals surface area contributed by atoms with Crippen molar-refractivity contribution in [1.82, 2.24) is 19.7 Å². The van der Waals surface area contributed by atoms with E-state index < -0.39 is 0 Å². The van der Waals surface area contributed by atoms with Crippen molar-refractivity contribution in [2.75, 3.05) is 39.8 Å². The van der Waals surface area contributed by atoms with Gasteiger partial charge in [-0.3, -0.25) is 14.6 Å². The molecule has 202 valence electrons. The zero-order chi connectivity index (χ0) is 26.3. The van der Waals surface area contributed by atoms with Crippen LogP contribution >= 0.6 is 11.3 Å². The van der Waals surface area contributed by atoms with Gasteiger partial charge in [0.1, 0.15) is 10.8 Å². The van der Waals surface area contributed by atoms with Crippen LogP contribution in [-0.4, -0.2) is 71.5 Å². The molecule has 1 aliphatic carbocycles. The van der Waals surface area contributed by atoms with Crippen molar-refractivity contribution in [1.29, 1.82) is 0 Å². The van der Waals surface area contributed by atoms with Crippen LogP contribution in [0, 0.1) is 0 Å². The van der Waals surface area contributed by atoms with Gasteiger partial charge >= 0.3 is 0 Å². The van der Waals surface area contributed by atoms with Crippen molar-refractivity contribution < 1.29 is 9.53 Å². The minimum atomic E-state index is 0.0763. The number of thiazole rings is 1.